The van der Waals surface area contributed by atoms with Crippen molar-refractivity contribution in [2.45, 2.75) is 18.8 Å². The molecule has 5 aromatic heterocycles. The van der Waals surface area contributed by atoms with Gasteiger partial charge in [0.2, 0.25) is 0 Å². The standard InChI is InChI=1S/C24H23N9O/c1-13-7-19(32-34-13)24(12-25)16-4-6-33(11-17(16)24)20-10-28-22-21(30-31-23(22)29-20)15-8-26-9-18-14(15)3-2-5-27-18/h2-3,5,7-10,16-17H,4,6,11-12,25H2,1H3,(H,29,30,31)/t16-,17+,24+/m1/s1. The molecule has 7 rings (SSSR count). The summed E-state index contributed by atoms with van der Waals surface area (Å²) in [7, 11) is 0. The Bertz CT molecular complexity index is 1540. The quantitative estimate of drug-likeness (QED) is 0.421. The van der Waals surface area contributed by atoms with E-state index in [0.717, 1.165) is 64.5 Å². The van der Waals surface area contributed by atoms with Crippen molar-refractivity contribution in [2.75, 3.05) is 24.5 Å². The summed E-state index contributed by atoms with van der Waals surface area (Å²) in [6.45, 7) is 4.27. The molecule has 3 N–H and O–H groups in total. The number of nitrogens with one attached hydrogen (secondary N) is 1. The summed E-state index contributed by atoms with van der Waals surface area (Å²) in [6.07, 6.45) is 8.18. The molecule has 0 spiro atoms. The van der Waals surface area contributed by atoms with Gasteiger partial charge < -0.3 is 15.2 Å². The Hall–Kier alpha value is -3.92. The van der Waals surface area contributed by atoms with Crippen LogP contribution in [0.4, 0.5) is 5.82 Å². The van der Waals surface area contributed by atoms with Crippen LogP contribution >= 0.6 is 0 Å². The van der Waals surface area contributed by atoms with Crippen LogP contribution in [0.25, 0.3) is 33.3 Å². The number of aryl methyl sites for hydroxylation is 1. The van der Waals surface area contributed by atoms with Crippen molar-refractivity contribution in [3.63, 3.8) is 0 Å². The molecule has 1 saturated heterocycles. The number of hydrogen-bond donors (Lipinski definition) is 2. The van der Waals surface area contributed by atoms with E-state index >= 15 is 0 Å². The number of piperidine rings is 1. The van der Waals surface area contributed by atoms with Crippen LogP contribution in [0.15, 0.2) is 47.5 Å². The van der Waals surface area contributed by atoms with E-state index in [0.29, 0.717) is 24.0 Å². The minimum Gasteiger partial charge on any atom is -0.361 e. The van der Waals surface area contributed by atoms with Crippen molar-refractivity contribution in [3.05, 3.63) is 54.4 Å². The molecule has 1 aliphatic carbocycles. The van der Waals surface area contributed by atoms with Crippen LogP contribution < -0.4 is 10.6 Å². The summed E-state index contributed by atoms with van der Waals surface area (Å²) in [5.41, 5.74) is 11.0. The number of fused-ring (bicyclic) bond motifs is 3. The highest BCUT2D eigenvalue weighted by molar-refractivity contribution is 5.99. The van der Waals surface area contributed by atoms with Gasteiger partial charge in [-0.25, -0.2) is 9.97 Å². The van der Waals surface area contributed by atoms with Gasteiger partial charge in [0.05, 0.1) is 23.6 Å². The molecular formula is C24H23N9O. The third-order valence-electron chi connectivity index (χ3n) is 7.64. The first-order valence-corrected chi connectivity index (χ1v) is 11.5. The van der Waals surface area contributed by atoms with Crippen LogP contribution in [0, 0.1) is 18.8 Å². The fraction of sp³-hybridized carbons (Fsp3) is 0.333. The van der Waals surface area contributed by atoms with Gasteiger partial charge in [-0.1, -0.05) is 11.2 Å². The smallest absolute Gasteiger partial charge is 0.177 e. The van der Waals surface area contributed by atoms with E-state index in [1.54, 1.807) is 18.6 Å². The summed E-state index contributed by atoms with van der Waals surface area (Å²) in [4.78, 5) is 20.7. The molecule has 0 radical (unpaired) electrons. The molecule has 0 bridgehead atoms. The fourth-order valence-electron chi connectivity index (χ4n) is 5.88. The van der Waals surface area contributed by atoms with Crippen molar-refractivity contribution in [1.29, 1.82) is 0 Å². The summed E-state index contributed by atoms with van der Waals surface area (Å²) < 4.78 is 5.36. The second kappa shape index (κ2) is 7.04. The molecule has 1 saturated carbocycles. The lowest BCUT2D eigenvalue weighted by Crippen LogP contribution is -2.32. The normalized spacial score (nSPS) is 24.0. The lowest BCUT2D eigenvalue weighted by molar-refractivity contribution is 0.379. The number of pyridine rings is 2. The first kappa shape index (κ1) is 19.5. The SMILES string of the molecule is Cc1cc([C@@]2(CN)[C@@H]3CCN(c4cnc5c(-c6cncc7ncccc67)n[nH]c5n4)C[C@@H]32)no1. The molecule has 0 unspecified atom stereocenters. The molecule has 3 atom stereocenters. The Morgan fingerprint density at radius 3 is 3.03 bits per heavy atom. The predicted molar refractivity (Wildman–Crippen MR) is 126 cm³/mol. The lowest BCUT2D eigenvalue weighted by atomic mass is 9.97. The summed E-state index contributed by atoms with van der Waals surface area (Å²) >= 11 is 0. The Morgan fingerprint density at radius 2 is 2.18 bits per heavy atom. The van der Waals surface area contributed by atoms with E-state index in [1.807, 2.05) is 31.3 Å². The van der Waals surface area contributed by atoms with E-state index in [2.05, 4.69) is 30.2 Å². The second-order valence-corrected chi connectivity index (χ2v) is 9.27. The minimum absolute atomic E-state index is 0.0966. The van der Waals surface area contributed by atoms with Gasteiger partial charge in [-0.05, 0) is 31.2 Å². The van der Waals surface area contributed by atoms with Crippen molar-refractivity contribution in [2.24, 2.45) is 17.6 Å². The highest BCUT2D eigenvalue weighted by Gasteiger charge is 2.67. The molecule has 2 aliphatic rings. The number of hydrogen-bond acceptors (Lipinski definition) is 9. The average Bonchev–Trinajstić information content (AvgIpc) is 3.12. The molecule has 170 valence electrons. The van der Waals surface area contributed by atoms with Gasteiger partial charge in [-0.3, -0.25) is 15.1 Å². The topological polar surface area (TPSA) is 136 Å². The van der Waals surface area contributed by atoms with Gasteiger partial charge in [0.25, 0.3) is 0 Å². The molecule has 5 aromatic rings. The molecule has 1 aliphatic heterocycles. The molecular weight excluding hydrogens is 430 g/mol. The van der Waals surface area contributed by atoms with E-state index in [4.69, 9.17) is 20.2 Å². The molecule has 2 fully saturated rings. The first-order chi connectivity index (χ1) is 16.7. The van der Waals surface area contributed by atoms with Gasteiger partial charge in [-0.15, -0.1) is 0 Å². The Balaban J connectivity index is 1.20. The van der Waals surface area contributed by atoms with Crippen LogP contribution in [-0.2, 0) is 5.41 Å². The van der Waals surface area contributed by atoms with Crippen molar-refractivity contribution in [3.8, 4) is 11.3 Å². The Kier molecular flexibility index (Phi) is 4.04. The second-order valence-electron chi connectivity index (χ2n) is 9.27. The molecule has 34 heavy (non-hydrogen) atoms. The van der Waals surface area contributed by atoms with E-state index in [1.165, 1.54) is 0 Å². The number of aromatic amines is 1. The largest absolute Gasteiger partial charge is 0.361 e. The molecule has 6 heterocycles. The number of anilines is 1. The Labute approximate surface area is 194 Å². The summed E-state index contributed by atoms with van der Waals surface area (Å²) in [5.74, 6) is 2.63. The third-order valence-corrected chi connectivity index (χ3v) is 7.64. The van der Waals surface area contributed by atoms with Crippen LogP contribution in [0.3, 0.4) is 0 Å². The van der Waals surface area contributed by atoms with E-state index < -0.39 is 0 Å². The lowest BCUT2D eigenvalue weighted by Gasteiger charge is -2.26. The zero-order chi connectivity index (χ0) is 22.9. The zero-order valence-electron chi connectivity index (χ0n) is 18.6. The van der Waals surface area contributed by atoms with Gasteiger partial charge in [0.1, 0.15) is 22.8 Å². The Morgan fingerprint density at radius 1 is 1.24 bits per heavy atom. The first-order valence-electron chi connectivity index (χ1n) is 11.5. The van der Waals surface area contributed by atoms with Gasteiger partial charge in [-0.2, -0.15) is 5.10 Å². The van der Waals surface area contributed by atoms with Crippen molar-refractivity contribution >= 4 is 27.9 Å². The van der Waals surface area contributed by atoms with E-state index in [9.17, 15) is 0 Å². The summed E-state index contributed by atoms with van der Waals surface area (Å²) in [6, 6.07) is 5.96. The number of nitrogens with two attached hydrogens (primary N) is 1. The number of rotatable bonds is 4. The van der Waals surface area contributed by atoms with Gasteiger partial charge in [0.15, 0.2) is 5.65 Å². The highest BCUT2D eigenvalue weighted by atomic mass is 16.5. The zero-order valence-corrected chi connectivity index (χ0v) is 18.6. The molecule has 10 nitrogen and oxygen atoms in total. The maximum atomic E-state index is 6.27. The number of H-pyrrole nitrogens is 1. The van der Waals surface area contributed by atoms with E-state index in [-0.39, 0.29) is 5.41 Å². The van der Waals surface area contributed by atoms with Crippen LogP contribution in [0.1, 0.15) is 17.9 Å². The number of aromatic nitrogens is 7. The summed E-state index contributed by atoms with van der Waals surface area (Å²) in [5, 5.41) is 12.9. The van der Waals surface area contributed by atoms with Gasteiger partial charge >= 0.3 is 0 Å². The van der Waals surface area contributed by atoms with Crippen LogP contribution in [0.2, 0.25) is 0 Å². The maximum Gasteiger partial charge on any atom is 0.177 e. The minimum atomic E-state index is -0.0966. The van der Waals surface area contributed by atoms with Crippen molar-refractivity contribution < 1.29 is 4.52 Å². The average molecular weight is 454 g/mol. The molecule has 10 heteroatoms. The highest BCUT2D eigenvalue weighted by Crippen LogP contribution is 2.62. The molecule has 0 aromatic carbocycles. The van der Waals surface area contributed by atoms with Crippen molar-refractivity contribution in [1.82, 2.24) is 35.3 Å². The fourth-order valence-corrected chi connectivity index (χ4v) is 5.88. The van der Waals surface area contributed by atoms with Crippen LogP contribution in [0.5, 0.6) is 0 Å². The van der Waals surface area contributed by atoms with Gasteiger partial charge in [0, 0.05) is 54.5 Å². The predicted octanol–water partition coefficient (Wildman–Crippen LogP) is 2.61. The molecule has 0 amide bonds. The number of nitrogens with zero attached hydrogens (tertiary/aromatic N) is 7. The monoisotopic (exact) mass is 453 g/mol. The maximum absolute atomic E-state index is 6.27. The van der Waals surface area contributed by atoms with Crippen LogP contribution in [-0.4, -0.2) is 54.9 Å². The third kappa shape index (κ3) is 2.65.